The van der Waals surface area contributed by atoms with Crippen LogP contribution in [0, 0.1) is 19.8 Å². The third-order valence-corrected chi connectivity index (χ3v) is 3.19. The normalized spacial score (nSPS) is 12.0. The number of benzene rings is 1. The minimum atomic E-state index is -0.944. The number of carboxylic acids is 1. The Morgan fingerprint density at radius 2 is 1.95 bits per heavy atom. The molecule has 0 bridgehead atoms. The minimum absolute atomic E-state index is 0.129. The molecule has 4 heteroatoms. The van der Waals surface area contributed by atoms with Crippen LogP contribution in [0.4, 0.5) is 0 Å². The Labute approximate surface area is 114 Å². The number of hydrogen-bond donors (Lipinski definition) is 1. The molecule has 1 atom stereocenters. The largest absolute Gasteiger partial charge is 0.481 e. The molecule has 1 N–H and O–H groups in total. The van der Waals surface area contributed by atoms with Crippen LogP contribution in [0.5, 0.6) is 0 Å². The van der Waals surface area contributed by atoms with Crippen molar-refractivity contribution >= 4 is 11.9 Å². The Hall–Kier alpha value is -1.84. The van der Waals surface area contributed by atoms with E-state index in [1.807, 2.05) is 26.0 Å². The van der Waals surface area contributed by atoms with Crippen molar-refractivity contribution in [1.29, 1.82) is 0 Å². The molecule has 0 aliphatic carbocycles. The molecule has 0 heterocycles. The predicted molar refractivity (Wildman–Crippen MR) is 73.8 cm³/mol. The van der Waals surface area contributed by atoms with Gasteiger partial charge in [-0.2, -0.15) is 0 Å². The molecule has 0 spiro atoms. The zero-order chi connectivity index (χ0) is 14.6. The molecule has 1 amide bonds. The summed E-state index contributed by atoms with van der Waals surface area (Å²) in [7, 11) is 1.71. The topological polar surface area (TPSA) is 57.6 Å². The molecule has 0 saturated heterocycles. The van der Waals surface area contributed by atoms with Crippen LogP contribution in [0.15, 0.2) is 18.2 Å². The summed E-state index contributed by atoms with van der Waals surface area (Å²) in [6.07, 6.45) is -0.129. The van der Waals surface area contributed by atoms with E-state index in [0.717, 1.165) is 16.7 Å². The van der Waals surface area contributed by atoms with Gasteiger partial charge >= 0.3 is 5.97 Å². The Morgan fingerprint density at radius 1 is 1.32 bits per heavy atom. The van der Waals surface area contributed by atoms with Gasteiger partial charge in [0, 0.05) is 19.5 Å². The molecule has 1 rings (SSSR count). The molecule has 0 fully saturated rings. The molecular weight excluding hydrogens is 242 g/mol. The quantitative estimate of drug-likeness (QED) is 0.887. The predicted octanol–water partition coefficient (Wildman–Crippen LogP) is 2.37. The molecule has 19 heavy (non-hydrogen) atoms. The Bertz CT molecular complexity index is 482. The van der Waals surface area contributed by atoms with E-state index in [-0.39, 0.29) is 12.3 Å². The standard InChI is InChI=1S/C15H21NO3/c1-10-5-6-11(2)13(7-10)9-16(4)15(19)12(3)8-14(17)18/h5-7,12H,8-9H2,1-4H3,(H,17,18). The number of carbonyl (C=O) groups is 2. The van der Waals surface area contributed by atoms with Gasteiger partial charge in [-0.3, -0.25) is 9.59 Å². The van der Waals surface area contributed by atoms with Crippen molar-refractivity contribution in [1.82, 2.24) is 4.90 Å². The van der Waals surface area contributed by atoms with Gasteiger partial charge in [0.1, 0.15) is 0 Å². The Morgan fingerprint density at radius 3 is 2.53 bits per heavy atom. The fourth-order valence-corrected chi connectivity index (χ4v) is 2.03. The van der Waals surface area contributed by atoms with Crippen LogP contribution in [-0.4, -0.2) is 28.9 Å². The van der Waals surface area contributed by atoms with E-state index < -0.39 is 11.9 Å². The second-order valence-electron chi connectivity index (χ2n) is 5.12. The average Bonchev–Trinajstić information content (AvgIpc) is 2.31. The summed E-state index contributed by atoms with van der Waals surface area (Å²) in [4.78, 5) is 24.3. The van der Waals surface area contributed by atoms with Crippen LogP contribution < -0.4 is 0 Å². The van der Waals surface area contributed by atoms with Crippen LogP contribution in [0.2, 0.25) is 0 Å². The highest BCUT2D eigenvalue weighted by Crippen LogP contribution is 2.15. The lowest BCUT2D eigenvalue weighted by molar-refractivity contribution is -0.143. The van der Waals surface area contributed by atoms with Crippen molar-refractivity contribution in [2.24, 2.45) is 5.92 Å². The maximum atomic E-state index is 12.0. The van der Waals surface area contributed by atoms with Gasteiger partial charge in [-0.15, -0.1) is 0 Å². The number of aryl methyl sites for hydroxylation is 2. The lowest BCUT2D eigenvalue weighted by Crippen LogP contribution is -2.32. The molecule has 0 saturated carbocycles. The molecule has 0 aromatic heterocycles. The first-order valence-electron chi connectivity index (χ1n) is 6.34. The van der Waals surface area contributed by atoms with Gasteiger partial charge in [-0.25, -0.2) is 0 Å². The zero-order valence-corrected chi connectivity index (χ0v) is 11.9. The maximum absolute atomic E-state index is 12.0. The summed E-state index contributed by atoms with van der Waals surface area (Å²) in [5.41, 5.74) is 3.38. The van der Waals surface area contributed by atoms with E-state index in [4.69, 9.17) is 5.11 Å². The van der Waals surface area contributed by atoms with E-state index in [2.05, 4.69) is 6.07 Å². The molecule has 0 radical (unpaired) electrons. The van der Waals surface area contributed by atoms with Crippen LogP contribution >= 0.6 is 0 Å². The number of carbonyl (C=O) groups excluding carboxylic acids is 1. The number of rotatable bonds is 5. The van der Waals surface area contributed by atoms with Crippen molar-refractivity contribution < 1.29 is 14.7 Å². The number of hydrogen-bond acceptors (Lipinski definition) is 2. The SMILES string of the molecule is Cc1ccc(C)c(CN(C)C(=O)C(C)CC(=O)O)c1. The van der Waals surface area contributed by atoms with Crippen molar-refractivity contribution in [2.45, 2.75) is 33.7 Å². The Balaban J connectivity index is 2.73. The number of aliphatic carboxylic acids is 1. The van der Waals surface area contributed by atoms with Gasteiger partial charge in [0.2, 0.25) is 5.91 Å². The van der Waals surface area contributed by atoms with Crippen LogP contribution in [0.25, 0.3) is 0 Å². The van der Waals surface area contributed by atoms with Crippen molar-refractivity contribution in [3.63, 3.8) is 0 Å². The molecule has 104 valence electrons. The number of nitrogens with zero attached hydrogens (tertiary/aromatic N) is 1. The van der Waals surface area contributed by atoms with Gasteiger partial charge < -0.3 is 10.0 Å². The van der Waals surface area contributed by atoms with Gasteiger partial charge in [0.05, 0.1) is 6.42 Å². The highest BCUT2D eigenvalue weighted by Gasteiger charge is 2.20. The summed E-state index contributed by atoms with van der Waals surface area (Å²) in [5.74, 6) is -1.57. The summed E-state index contributed by atoms with van der Waals surface area (Å²) < 4.78 is 0. The molecule has 0 aliphatic heterocycles. The van der Waals surface area contributed by atoms with Gasteiger partial charge in [0.15, 0.2) is 0 Å². The molecule has 4 nitrogen and oxygen atoms in total. The molecule has 1 unspecified atom stereocenters. The maximum Gasteiger partial charge on any atom is 0.304 e. The summed E-state index contributed by atoms with van der Waals surface area (Å²) in [5, 5.41) is 8.71. The fourth-order valence-electron chi connectivity index (χ4n) is 2.03. The first-order chi connectivity index (χ1) is 8.81. The Kier molecular flexibility index (Phi) is 5.10. The van der Waals surface area contributed by atoms with E-state index in [9.17, 15) is 9.59 Å². The van der Waals surface area contributed by atoms with Gasteiger partial charge in [-0.1, -0.05) is 30.7 Å². The first kappa shape index (κ1) is 15.2. The minimum Gasteiger partial charge on any atom is -0.481 e. The first-order valence-corrected chi connectivity index (χ1v) is 6.34. The third kappa shape index (κ3) is 4.39. The highest BCUT2D eigenvalue weighted by atomic mass is 16.4. The molecular formula is C15H21NO3. The summed E-state index contributed by atoms with van der Waals surface area (Å²) >= 11 is 0. The van der Waals surface area contributed by atoms with E-state index in [1.165, 1.54) is 0 Å². The van der Waals surface area contributed by atoms with Crippen molar-refractivity contribution in [2.75, 3.05) is 7.05 Å². The smallest absolute Gasteiger partial charge is 0.304 e. The summed E-state index contributed by atoms with van der Waals surface area (Å²) in [6.45, 7) is 6.18. The third-order valence-electron chi connectivity index (χ3n) is 3.19. The van der Waals surface area contributed by atoms with Crippen molar-refractivity contribution in [3.8, 4) is 0 Å². The average molecular weight is 263 g/mol. The summed E-state index contributed by atoms with van der Waals surface area (Å²) in [6, 6.07) is 6.12. The van der Waals surface area contributed by atoms with E-state index in [0.29, 0.717) is 6.54 Å². The highest BCUT2D eigenvalue weighted by molar-refractivity contribution is 5.82. The van der Waals surface area contributed by atoms with Crippen LogP contribution in [0.1, 0.15) is 30.0 Å². The van der Waals surface area contributed by atoms with Gasteiger partial charge in [-0.05, 0) is 25.0 Å². The van der Waals surface area contributed by atoms with E-state index in [1.54, 1.807) is 18.9 Å². The van der Waals surface area contributed by atoms with Gasteiger partial charge in [0.25, 0.3) is 0 Å². The molecule has 1 aromatic carbocycles. The fraction of sp³-hybridized carbons (Fsp3) is 0.467. The number of carboxylic acid groups (broad SMARTS) is 1. The number of amides is 1. The second-order valence-corrected chi connectivity index (χ2v) is 5.12. The second kappa shape index (κ2) is 6.36. The molecule has 0 aliphatic rings. The van der Waals surface area contributed by atoms with E-state index >= 15 is 0 Å². The molecule has 1 aromatic rings. The van der Waals surface area contributed by atoms with Crippen LogP contribution in [-0.2, 0) is 16.1 Å². The van der Waals surface area contributed by atoms with Crippen LogP contribution in [0.3, 0.4) is 0 Å². The monoisotopic (exact) mass is 263 g/mol. The van der Waals surface area contributed by atoms with Crippen molar-refractivity contribution in [3.05, 3.63) is 34.9 Å². The lowest BCUT2D eigenvalue weighted by atomic mass is 10.0. The zero-order valence-electron chi connectivity index (χ0n) is 11.9. The lowest BCUT2D eigenvalue weighted by Gasteiger charge is -2.21.